The number of rotatable bonds is 5. The van der Waals surface area contributed by atoms with Crippen molar-refractivity contribution in [1.29, 1.82) is 0 Å². The van der Waals surface area contributed by atoms with Gasteiger partial charge in [-0.2, -0.15) is 5.10 Å². The lowest BCUT2D eigenvalue weighted by atomic mass is 10.2. The average Bonchev–Trinajstić information content (AvgIpc) is 2.92. The van der Waals surface area contributed by atoms with Crippen LogP contribution in [0.15, 0.2) is 42.7 Å². The summed E-state index contributed by atoms with van der Waals surface area (Å²) in [7, 11) is 0. The zero-order valence-corrected chi connectivity index (χ0v) is 13.3. The number of hydrogen-bond donors (Lipinski definition) is 4. The van der Waals surface area contributed by atoms with Gasteiger partial charge in [0, 0.05) is 30.1 Å². The molecule has 0 fully saturated rings. The second-order valence-electron chi connectivity index (χ2n) is 5.24. The van der Waals surface area contributed by atoms with E-state index >= 15 is 0 Å². The van der Waals surface area contributed by atoms with E-state index in [1.807, 2.05) is 37.3 Å². The highest BCUT2D eigenvalue weighted by molar-refractivity contribution is 5.89. The Bertz CT molecular complexity index is 859. The molecule has 4 N–H and O–H groups in total. The lowest BCUT2D eigenvalue weighted by molar-refractivity contribution is -0.114. The molecular weight excluding hydrogens is 306 g/mol. The number of nitrogens with zero attached hydrogens (tertiary/aromatic N) is 3. The minimum atomic E-state index is -0.118. The van der Waals surface area contributed by atoms with Crippen molar-refractivity contribution in [2.24, 2.45) is 0 Å². The van der Waals surface area contributed by atoms with Crippen LogP contribution in [0.4, 0.5) is 28.8 Å². The fourth-order valence-corrected chi connectivity index (χ4v) is 2.13. The van der Waals surface area contributed by atoms with Gasteiger partial charge in [0.15, 0.2) is 17.5 Å². The van der Waals surface area contributed by atoms with Gasteiger partial charge in [0.1, 0.15) is 0 Å². The van der Waals surface area contributed by atoms with Crippen molar-refractivity contribution in [3.05, 3.63) is 48.4 Å². The molecule has 0 unspecified atom stereocenters. The summed E-state index contributed by atoms with van der Waals surface area (Å²) in [6, 6.07) is 9.23. The van der Waals surface area contributed by atoms with Crippen molar-refractivity contribution >= 4 is 34.7 Å². The molecule has 0 bridgehead atoms. The van der Waals surface area contributed by atoms with Gasteiger partial charge >= 0.3 is 0 Å². The maximum atomic E-state index is 11.1. The molecule has 0 aliphatic carbocycles. The van der Waals surface area contributed by atoms with E-state index < -0.39 is 0 Å². The summed E-state index contributed by atoms with van der Waals surface area (Å²) < 4.78 is 0. The number of benzene rings is 1. The van der Waals surface area contributed by atoms with E-state index in [1.165, 1.54) is 6.92 Å². The van der Waals surface area contributed by atoms with Crippen LogP contribution in [0, 0.1) is 6.92 Å². The first-order valence-electron chi connectivity index (χ1n) is 7.34. The van der Waals surface area contributed by atoms with Gasteiger partial charge in [-0.05, 0) is 25.1 Å². The molecule has 0 radical (unpaired) electrons. The van der Waals surface area contributed by atoms with Crippen LogP contribution < -0.4 is 16.0 Å². The quantitative estimate of drug-likeness (QED) is 0.575. The van der Waals surface area contributed by atoms with Crippen LogP contribution >= 0.6 is 0 Å². The number of anilines is 5. The largest absolute Gasteiger partial charge is 0.339 e. The summed E-state index contributed by atoms with van der Waals surface area (Å²) in [4.78, 5) is 19.7. The Balaban J connectivity index is 1.73. The Hall–Kier alpha value is -3.42. The molecule has 8 nitrogen and oxygen atoms in total. The van der Waals surface area contributed by atoms with Gasteiger partial charge in [0.2, 0.25) is 5.91 Å². The molecule has 0 saturated heterocycles. The molecule has 0 aliphatic rings. The summed E-state index contributed by atoms with van der Waals surface area (Å²) in [6.07, 6.45) is 3.23. The molecule has 1 amide bonds. The highest BCUT2D eigenvalue weighted by Crippen LogP contribution is 2.20. The van der Waals surface area contributed by atoms with E-state index in [0.717, 1.165) is 11.4 Å². The van der Waals surface area contributed by atoms with Crippen molar-refractivity contribution in [3.63, 3.8) is 0 Å². The third-order valence-electron chi connectivity index (χ3n) is 3.05. The fraction of sp³-hybridized carbons (Fsp3) is 0.125. The Morgan fingerprint density at radius 2 is 1.79 bits per heavy atom. The van der Waals surface area contributed by atoms with Gasteiger partial charge < -0.3 is 16.0 Å². The van der Waals surface area contributed by atoms with Crippen LogP contribution in [0.5, 0.6) is 0 Å². The Morgan fingerprint density at radius 3 is 2.50 bits per heavy atom. The molecule has 3 aromatic rings. The molecule has 24 heavy (non-hydrogen) atoms. The molecule has 8 heteroatoms. The number of amides is 1. The van der Waals surface area contributed by atoms with E-state index in [4.69, 9.17) is 0 Å². The summed E-state index contributed by atoms with van der Waals surface area (Å²) >= 11 is 0. The minimum absolute atomic E-state index is 0.118. The molecule has 0 saturated carbocycles. The first kappa shape index (κ1) is 15.5. The standard InChI is InChI=1S/C16H17N7O/c1-10-6-14(23-22-10)20-16-9-17-8-15(21-16)19-13-5-3-4-12(7-13)18-11(2)24/h3-9H,1-2H3,(H,18,24)(H3,19,20,21,22,23). The first-order valence-corrected chi connectivity index (χ1v) is 7.34. The van der Waals surface area contributed by atoms with Gasteiger partial charge in [-0.25, -0.2) is 4.98 Å². The highest BCUT2D eigenvalue weighted by Gasteiger charge is 2.03. The van der Waals surface area contributed by atoms with E-state index in [-0.39, 0.29) is 5.91 Å². The lowest BCUT2D eigenvalue weighted by Gasteiger charge is -2.09. The summed E-state index contributed by atoms with van der Waals surface area (Å²) in [5.41, 5.74) is 2.46. The zero-order chi connectivity index (χ0) is 16.9. The number of H-pyrrole nitrogens is 1. The molecule has 2 aromatic heterocycles. The molecule has 0 aliphatic heterocycles. The van der Waals surface area contributed by atoms with Crippen LogP contribution in [-0.4, -0.2) is 26.1 Å². The first-order chi connectivity index (χ1) is 11.6. The Morgan fingerprint density at radius 1 is 1.04 bits per heavy atom. The summed E-state index contributed by atoms with van der Waals surface area (Å²) in [5.74, 6) is 1.70. The summed E-state index contributed by atoms with van der Waals surface area (Å²) in [5, 5.41) is 15.9. The fourth-order valence-electron chi connectivity index (χ4n) is 2.13. The average molecular weight is 323 g/mol. The van der Waals surface area contributed by atoms with Crippen LogP contribution in [0.25, 0.3) is 0 Å². The number of aryl methyl sites for hydroxylation is 1. The van der Waals surface area contributed by atoms with E-state index in [1.54, 1.807) is 12.4 Å². The van der Waals surface area contributed by atoms with Crippen LogP contribution in [0.1, 0.15) is 12.6 Å². The van der Waals surface area contributed by atoms with E-state index in [2.05, 4.69) is 36.1 Å². The Labute approximate surface area is 138 Å². The molecule has 0 atom stereocenters. The lowest BCUT2D eigenvalue weighted by Crippen LogP contribution is -2.06. The van der Waals surface area contributed by atoms with Gasteiger partial charge in [0.25, 0.3) is 0 Å². The normalized spacial score (nSPS) is 10.2. The van der Waals surface area contributed by atoms with Crippen molar-refractivity contribution in [3.8, 4) is 0 Å². The molecule has 3 rings (SSSR count). The number of carbonyl (C=O) groups is 1. The molecule has 2 heterocycles. The van der Waals surface area contributed by atoms with E-state index in [0.29, 0.717) is 23.1 Å². The number of aromatic nitrogens is 4. The Kier molecular flexibility index (Phi) is 4.37. The van der Waals surface area contributed by atoms with E-state index in [9.17, 15) is 4.79 Å². The van der Waals surface area contributed by atoms with Gasteiger partial charge in [-0.15, -0.1) is 0 Å². The van der Waals surface area contributed by atoms with Gasteiger partial charge in [-0.1, -0.05) is 6.07 Å². The number of nitrogens with one attached hydrogen (secondary N) is 4. The van der Waals surface area contributed by atoms with Crippen molar-refractivity contribution in [2.45, 2.75) is 13.8 Å². The molecule has 0 spiro atoms. The maximum Gasteiger partial charge on any atom is 0.221 e. The topological polar surface area (TPSA) is 108 Å². The predicted octanol–water partition coefficient (Wildman–Crippen LogP) is 2.95. The third-order valence-corrected chi connectivity index (χ3v) is 3.05. The van der Waals surface area contributed by atoms with Crippen molar-refractivity contribution in [2.75, 3.05) is 16.0 Å². The molecule has 1 aromatic carbocycles. The zero-order valence-electron chi connectivity index (χ0n) is 13.3. The van der Waals surface area contributed by atoms with Gasteiger partial charge in [-0.3, -0.25) is 14.9 Å². The minimum Gasteiger partial charge on any atom is -0.339 e. The van der Waals surface area contributed by atoms with Crippen LogP contribution in [-0.2, 0) is 4.79 Å². The predicted molar refractivity (Wildman–Crippen MR) is 92.7 cm³/mol. The monoisotopic (exact) mass is 323 g/mol. The van der Waals surface area contributed by atoms with Crippen LogP contribution in [0.3, 0.4) is 0 Å². The summed E-state index contributed by atoms with van der Waals surface area (Å²) in [6.45, 7) is 3.39. The van der Waals surface area contributed by atoms with Gasteiger partial charge in [0.05, 0.1) is 12.4 Å². The molecular formula is C16H17N7O. The smallest absolute Gasteiger partial charge is 0.221 e. The number of aromatic amines is 1. The third kappa shape index (κ3) is 4.07. The second kappa shape index (κ2) is 6.78. The number of carbonyl (C=O) groups excluding carboxylic acids is 1. The van der Waals surface area contributed by atoms with Crippen molar-refractivity contribution in [1.82, 2.24) is 20.2 Å². The van der Waals surface area contributed by atoms with Crippen molar-refractivity contribution < 1.29 is 4.79 Å². The number of hydrogen-bond acceptors (Lipinski definition) is 6. The highest BCUT2D eigenvalue weighted by atomic mass is 16.1. The second-order valence-corrected chi connectivity index (χ2v) is 5.24. The maximum absolute atomic E-state index is 11.1. The molecule has 122 valence electrons. The van der Waals surface area contributed by atoms with Crippen LogP contribution in [0.2, 0.25) is 0 Å². The SMILES string of the molecule is CC(=O)Nc1cccc(Nc2cncc(Nc3cc(C)[nH]n3)n2)c1.